The first-order valence-electron chi connectivity index (χ1n) is 20.2. The van der Waals surface area contributed by atoms with E-state index in [0.29, 0.717) is 19.4 Å². The summed E-state index contributed by atoms with van der Waals surface area (Å²) >= 11 is 0. The quantitative estimate of drug-likeness (QED) is 0.0415. The molecule has 0 aromatic rings. The van der Waals surface area contributed by atoms with Crippen molar-refractivity contribution >= 4 is 11.9 Å². The second-order valence-corrected chi connectivity index (χ2v) is 14.2. The van der Waals surface area contributed by atoms with Crippen molar-refractivity contribution in [1.29, 1.82) is 0 Å². The molecule has 0 amide bonds. The molecular weight excluding hydrogens is 594 g/mol. The van der Waals surface area contributed by atoms with Gasteiger partial charge in [0.2, 0.25) is 0 Å². The van der Waals surface area contributed by atoms with E-state index in [1.165, 1.54) is 167 Å². The van der Waals surface area contributed by atoms with Crippen LogP contribution in [0.25, 0.3) is 0 Å². The van der Waals surface area contributed by atoms with Gasteiger partial charge in [-0.1, -0.05) is 194 Å². The molecule has 0 aromatic heterocycles. The van der Waals surface area contributed by atoms with Crippen LogP contribution in [-0.4, -0.2) is 38.9 Å². The van der Waals surface area contributed by atoms with Crippen LogP contribution in [0.15, 0.2) is 0 Å². The number of esters is 2. The van der Waals surface area contributed by atoms with Crippen molar-refractivity contribution in [1.82, 2.24) is 0 Å². The maximum absolute atomic E-state index is 12.4. The number of quaternary nitrogens is 1. The van der Waals surface area contributed by atoms with Crippen LogP contribution in [0.5, 0.6) is 0 Å². The number of nitrogens with one attached hydrogen (secondary N) is 1. The first-order valence-corrected chi connectivity index (χ1v) is 20.2. The molecule has 0 aliphatic rings. The molecule has 0 heterocycles. The van der Waals surface area contributed by atoms with Crippen LogP contribution < -0.4 is 17.3 Å². The van der Waals surface area contributed by atoms with E-state index in [1.54, 1.807) is 0 Å². The highest BCUT2D eigenvalue weighted by molar-refractivity contribution is 5.71. The summed E-state index contributed by atoms with van der Waals surface area (Å²) in [6.45, 7) is 5.04. The molecule has 0 aliphatic carbocycles. The van der Waals surface area contributed by atoms with Crippen LogP contribution in [0.4, 0.5) is 0 Å². The van der Waals surface area contributed by atoms with E-state index in [2.05, 4.69) is 13.8 Å². The van der Waals surface area contributed by atoms with Gasteiger partial charge in [-0.2, -0.15) is 0 Å². The van der Waals surface area contributed by atoms with Crippen molar-refractivity contribution in [3.8, 4) is 0 Å². The molecule has 0 bridgehead atoms. The zero-order chi connectivity index (χ0) is 33.1. The Hall–Kier alpha value is -0.810. The molecule has 1 N–H and O–H groups in total. The molecule has 0 aromatic carbocycles. The fraction of sp³-hybridized carbons (Fsp3) is 0.950. The Morgan fingerprint density at radius 2 is 0.630 bits per heavy atom. The fourth-order valence-corrected chi connectivity index (χ4v) is 6.13. The summed E-state index contributed by atoms with van der Waals surface area (Å²) in [5.74, 6) is -0.480. The standard InChI is InChI=1S/C40H79NO4.ClH/c1-5-7-9-11-13-15-17-19-21-23-25-27-29-31-33-35-38(42)44-40(37-41(3)4)45-39(43)36-34-32-30-28-26-24-22-20-18-16-14-12-10-8-6-2;/h40H,5-37H2,1-4H3;1H. The van der Waals surface area contributed by atoms with Crippen molar-refractivity contribution in [2.75, 3.05) is 20.6 Å². The molecule has 0 spiro atoms. The zero-order valence-electron chi connectivity index (χ0n) is 31.4. The second-order valence-electron chi connectivity index (χ2n) is 14.2. The molecule has 0 aliphatic heterocycles. The minimum absolute atomic E-state index is 0. The molecule has 276 valence electrons. The Labute approximate surface area is 293 Å². The van der Waals surface area contributed by atoms with Gasteiger partial charge in [0.1, 0.15) is 0 Å². The third-order valence-electron chi connectivity index (χ3n) is 9.07. The maximum atomic E-state index is 12.4. The average molecular weight is 675 g/mol. The predicted molar refractivity (Wildman–Crippen MR) is 193 cm³/mol. The number of hydrogen-bond acceptors (Lipinski definition) is 4. The minimum Gasteiger partial charge on any atom is -1.00 e. The Bertz CT molecular complexity index is 582. The smallest absolute Gasteiger partial charge is 0.309 e. The van der Waals surface area contributed by atoms with Crippen molar-refractivity contribution < 1.29 is 36.4 Å². The topological polar surface area (TPSA) is 57.0 Å². The number of carbonyl (C=O) groups is 2. The van der Waals surface area contributed by atoms with Gasteiger partial charge in [-0.05, 0) is 12.8 Å². The van der Waals surface area contributed by atoms with E-state index in [-0.39, 0.29) is 24.3 Å². The predicted octanol–water partition coefficient (Wildman–Crippen LogP) is 8.07. The fourth-order valence-electron chi connectivity index (χ4n) is 6.13. The van der Waals surface area contributed by atoms with Gasteiger partial charge in [0.05, 0.1) is 14.1 Å². The minimum atomic E-state index is -0.775. The number of halogens is 1. The van der Waals surface area contributed by atoms with Crippen molar-refractivity contribution in [3.05, 3.63) is 0 Å². The number of rotatable bonds is 36. The van der Waals surface area contributed by atoms with E-state index < -0.39 is 6.29 Å². The first-order chi connectivity index (χ1) is 22.0. The van der Waals surface area contributed by atoms with Gasteiger partial charge < -0.3 is 26.8 Å². The summed E-state index contributed by atoms with van der Waals surface area (Å²) in [7, 11) is 3.97. The van der Waals surface area contributed by atoms with E-state index in [0.717, 1.165) is 30.6 Å². The molecule has 46 heavy (non-hydrogen) atoms. The number of unbranched alkanes of at least 4 members (excludes halogenated alkanes) is 28. The summed E-state index contributed by atoms with van der Waals surface area (Å²) in [4.78, 5) is 26.0. The normalized spacial score (nSPS) is 11.3. The van der Waals surface area contributed by atoms with Crippen LogP contribution in [-0.2, 0) is 19.1 Å². The molecule has 5 nitrogen and oxygen atoms in total. The molecular formula is C40H80ClNO4. The number of ether oxygens (including phenoxy) is 2. The third-order valence-corrected chi connectivity index (χ3v) is 9.07. The summed E-state index contributed by atoms with van der Waals surface area (Å²) in [5.41, 5.74) is 0. The Balaban J connectivity index is 0. The second kappa shape index (κ2) is 38.6. The SMILES string of the molecule is CCCCCCCCCCCCCCCCCC(=O)OC(C[NH+](C)C)OC(=O)CCCCCCCCCCCCCCCCC.[Cl-]. The lowest BCUT2D eigenvalue weighted by Crippen LogP contribution is -3.07. The van der Waals surface area contributed by atoms with Crippen LogP contribution in [0, 0.1) is 0 Å². The lowest BCUT2D eigenvalue weighted by atomic mass is 10.0. The van der Waals surface area contributed by atoms with Gasteiger partial charge in [0.15, 0.2) is 6.54 Å². The first kappa shape index (κ1) is 47.3. The lowest BCUT2D eigenvalue weighted by molar-refractivity contribution is -0.864. The summed E-state index contributed by atoms with van der Waals surface area (Å²) < 4.78 is 11.2. The highest BCUT2D eigenvalue weighted by atomic mass is 35.5. The van der Waals surface area contributed by atoms with E-state index in [1.807, 2.05) is 14.1 Å². The number of likely N-dealkylation sites (N-methyl/N-ethyl adjacent to an activating group) is 1. The molecule has 0 saturated carbocycles. The summed E-state index contributed by atoms with van der Waals surface area (Å²) in [5, 5.41) is 0. The number of carbonyl (C=O) groups excluding carboxylic acids is 2. The van der Waals surface area contributed by atoms with Crippen LogP contribution in [0.2, 0.25) is 0 Å². The third kappa shape index (κ3) is 37.6. The Kier molecular flexibility index (Phi) is 39.7. The van der Waals surface area contributed by atoms with E-state index >= 15 is 0 Å². The largest absolute Gasteiger partial charge is 1.00 e. The van der Waals surface area contributed by atoms with Gasteiger partial charge in [-0.3, -0.25) is 9.59 Å². The van der Waals surface area contributed by atoms with E-state index in [9.17, 15) is 9.59 Å². The number of hydrogen-bond donors (Lipinski definition) is 1. The van der Waals surface area contributed by atoms with Gasteiger partial charge in [0, 0.05) is 12.8 Å². The Morgan fingerprint density at radius 1 is 0.413 bits per heavy atom. The van der Waals surface area contributed by atoms with Crippen molar-refractivity contribution in [3.63, 3.8) is 0 Å². The summed E-state index contributed by atoms with van der Waals surface area (Å²) in [6, 6.07) is 0. The van der Waals surface area contributed by atoms with Crippen LogP contribution in [0.3, 0.4) is 0 Å². The summed E-state index contributed by atoms with van der Waals surface area (Å²) in [6.07, 6.45) is 39.2. The van der Waals surface area contributed by atoms with Gasteiger partial charge in [0.25, 0.3) is 6.29 Å². The van der Waals surface area contributed by atoms with Crippen LogP contribution >= 0.6 is 0 Å². The zero-order valence-corrected chi connectivity index (χ0v) is 32.2. The Morgan fingerprint density at radius 3 is 0.848 bits per heavy atom. The highest BCUT2D eigenvalue weighted by Crippen LogP contribution is 2.16. The van der Waals surface area contributed by atoms with Gasteiger partial charge >= 0.3 is 11.9 Å². The van der Waals surface area contributed by atoms with Crippen molar-refractivity contribution in [2.45, 2.75) is 226 Å². The van der Waals surface area contributed by atoms with Crippen molar-refractivity contribution in [2.24, 2.45) is 0 Å². The van der Waals surface area contributed by atoms with Gasteiger partial charge in [-0.15, -0.1) is 0 Å². The molecule has 0 radical (unpaired) electrons. The molecule has 0 saturated heterocycles. The molecule has 0 atom stereocenters. The lowest BCUT2D eigenvalue weighted by Gasteiger charge is -2.19. The average Bonchev–Trinajstić information content (AvgIpc) is 3.00. The molecule has 0 fully saturated rings. The molecule has 0 unspecified atom stereocenters. The monoisotopic (exact) mass is 674 g/mol. The van der Waals surface area contributed by atoms with Gasteiger partial charge in [-0.25, -0.2) is 0 Å². The van der Waals surface area contributed by atoms with Crippen LogP contribution in [0.1, 0.15) is 219 Å². The molecule has 0 rings (SSSR count). The highest BCUT2D eigenvalue weighted by Gasteiger charge is 2.21. The maximum Gasteiger partial charge on any atom is 0.309 e. The molecule has 6 heteroatoms. The van der Waals surface area contributed by atoms with E-state index in [4.69, 9.17) is 9.47 Å².